The highest BCUT2D eigenvalue weighted by atomic mass is 16.5. The molecule has 0 aromatic heterocycles. The van der Waals surface area contributed by atoms with Crippen LogP contribution in [0, 0.1) is 50.7 Å². The lowest BCUT2D eigenvalue weighted by Crippen LogP contribution is -2.65. The zero-order valence-corrected chi connectivity index (χ0v) is 19.5. The number of Topliss-reactive ketones (excluding diaryl/α,β-unsaturated/α-hetero) is 1. The Balaban J connectivity index is 1.42. The lowest BCUT2D eigenvalue weighted by atomic mass is 9.33. The number of hydrogen-bond acceptors (Lipinski definition) is 2. The Labute approximate surface area is 177 Å². The van der Waals surface area contributed by atoms with Crippen molar-refractivity contribution in [3.05, 3.63) is 0 Å². The van der Waals surface area contributed by atoms with Crippen molar-refractivity contribution in [1.29, 1.82) is 0 Å². The standard InChI is InChI=1S/C27H42O2/c1-23(2)12-14-27-15-13-25(4)18(21(27)22(23)29-16-27)6-7-20-24(3)10-9-19(28)17(24)8-11-26(20,25)5/h17-18,20-22H,6-16H2,1-5H3/t17?,18?,20?,21?,22?,24-,25+,26+,27+/m0/s1. The van der Waals surface area contributed by atoms with E-state index in [1.54, 1.807) is 0 Å². The van der Waals surface area contributed by atoms with Crippen molar-refractivity contribution in [2.24, 2.45) is 50.7 Å². The summed E-state index contributed by atoms with van der Waals surface area (Å²) in [5.41, 5.74) is 1.91. The van der Waals surface area contributed by atoms with Gasteiger partial charge in [0, 0.05) is 12.3 Å². The Bertz CT molecular complexity index is 756. The minimum Gasteiger partial charge on any atom is -0.377 e. The first-order chi connectivity index (χ1) is 13.6. The van der Waals surface area contributed by atoms with Crippen molar-refractivity contribution < 1.29 is 9.53 Å². The van der Waals surface area contributed by atoms with Gasteiger partial charge < -0.3 is 4.74 Å². The summed E-state index contributed by atoms with van der Waals surface area (Å²) >= 11 is 0. The predicted octanol–water partition coefficient (Wildman–Crippen LogP) is 6.42. The number of carbonyl (C=O) groups excluding carboxylic acids is 1. The minimum absolute atomic E-state index is 0.272. The van der Waals surface area contributed by atoms with Crippen LogP contribution in [0.4, 0.5) is 0 Å². The Morgan fingerprint density at radius 1 is 0.828 bits per heavy atom. The summed E-state index contributed by atoms with van der Waals surface area (Å²) in [6, 6.07) is 0. The van der Waals surface area contributed by atoms with Gasteiger partial charge in [0.1, 0.15) is 5.78 Å². The normalized spacial score (nSPS) is 60.2. The molecule has 162 valence electrons. The van der Waals surface area contributed by atoms with Crippen molar-refractivity contribution in [3.63, 3.8) is 0 Å². The van der Waals surface area contributed by atoms with Gasteiger partial charge in [-0.25, -0.2) is 0 Å². The van der Waals surface area contributed by atoms with E-state index in [0.29, 0.717) is 39.5 Å². The smallest absolute Gasteiger partial charge is 0.136 e. The van der Waals surface area contributed by atoms with Gasteiger partial charge in [0.05, 0.1) is 12.7 Å². The molecule has 2 bridgehead atoms. The van der Waals surface area contributed by atoms with E-state index in [2.05, 4.69) is 34.6 Å². The molecule has 2 heteroatoms. The highest BCUT2D eigenvalue weighted by molar-refractivity contribution is 5.84. The zero-order valence-electron chi connectivity index (χ0n) is 19.5. The van der Waals surface area contributed by atoms with Gasteiger partial charge in [-0.3, -0.25) is 4.79 Å². The Hall–Kier alpha value is -0.370. The molecule has 1 saturated heterocycles. The van der Waals surface area contributed by atoms with Gasteiger partial charge in [-0.15, -0.1) is 0 Å². The SMILES string of the molecule is CC1(C)CC[C@]23CC[C@]4(C)C(CCC5[C@@]6(C)CCC(=O)C6CC[C@]54C)C2C1OC3. The van der Waals surface area contributed by atoms with Gasteiger partial charge in [0.15, 0.2) is 0 Å². The molecule has 6 fully saturated rings. The van der Waals surface area contributed by atoms with Crippen LogP contribution in [-0.2, 0) is 9.53 Å². The first-order valence-electron chi connectivity index (χ1n) is 12.7. The summed E-state index contributed by atoms with van der Waals surface area (Å²) in [7, 11) is 0. The first kappa shape index (κ1) is 19.3. The largest absolute Gasteiger partial charge is 0.377 e. The van der Waals surface area contributed by atoms with Crippen molar-refractivity contribution in [1.82, 2.24) is 0 Å². The van der Waals surface area contributed by atoms with Gasteiger partial charge in [0.2, 0.25) is 0 Å². The molecule has 0 radical (unpaired) electrons. The maximum absolute atomic E-state index is 12.7. The third kappa shape index (κ3) is 2.07. The van der Waals surface area contributed by atoms with Crippen LogP contribution in [0.1, 0.15) is 98.8 Å². The third-order valence-electron chi connectivity index (χ3n) is 12.7. The van der Waals surface area contributed by atoms with Gasteiger partial charge in [-0.2, -0.15) is 0 Å². The number of ketones is 1. The fourth-order valence-electron chi connectivity index (χ4n) is 10.8. The van der Waals surface area contributed by atoms with Crippen LogP contribution in [0.25, 0.3) is 0 Å². The molecule has 0 aromatic rings. The van der Waals surface area contributed by atoms with Gasteiger partial charge in [0.25, 0.3) is 0 Å². The molecule has 6 rings (SSSR count). The van der Waals surface area contributed by atoms with E-state index in [4.69, 9.17) is 4.74 Å². The molecule has 0 amide bonds. The number of rotatable bonds is 0. The van der Waals surface area contributed by atoms with Crippen molar-refractivity contribution in [2.75, 3.05) is 6.61 Å². The van der Waals surface area contributed by atoms with E-state index in [0.717, 1.165) is 43.6 Å². The van der Waals surface area contributed by atoms with Gasteiger partial charge in [-0.1, -0.05) is 34.6 Å². The molecular weight excluding hydrogens is 356 g/mol. The van der Waals surface area contributed by atoms with Crippen LogP contribution >= 0.6 is 0 Å². The molecule has 0 spiro atoms. The van der Waals surface area contributed by atoms with Crippen molar-refractivity contribution >= 4 is 5.78 Å². The molecule has 2 nitrogen and oxygen atoms in total. The van der Waals surface area contributed by atoms with Crippen LogP contribution in [0.2, 0.25) is 0 Å². The van der Waals surface area contributed by atoms with E-state index in [1.165, 1.54) is 44.9 Å². The highest BCUT2D eigenvalue weighted by Gasteiger charge is 2.72. The summed E-state index contributed by atoms with van der Waals surface area (Å²) in [5, 5.41) is 0. The summed E-state index contributed by atoms with van der Waals surface area (Å²) in [6.45, 7) is 13.9. The van der Waals surface area contributed by atoms with Gasteiger partial charge >= 0.3 is 0 Å². The minimum atomic E-state index is 0.272. The first-order valence-corrected chi connectivity index (χ1v) is 12.7. The van der Waals surface area contributed by atoms with Crippen LogP contribution in [0.5, 0.6) is 0 Å². The van der Waals surface area contributed by atoms with E-state index in [-0.39, 0.29) is 5.41 Å². The number of hydrogen-bond donors (Lipinski definition) is 0. The Morgan fingerprint density at radius 2 is 1.59 bits per heavy atom. The monoisotopic (exact) mass is 398 g/mol. The summed E-state index contributed by atoms with van der Waals surface area (Å²) in [5.74, 6) is 3.29. The molecule has 0 N–H and O–H groups in total. The maximum Gasteiger partial charge on any atom is 0.136 e. The average molecular weight is 399 g/mol. The summed E-state index contributed by atoms with van der Waals surface area (Å²) in [6.07, 6.45) is 13.2. The molecular formula is C27H42O2. The zero-order chi connectivity index (χ0) is 20.4. The second-order valence-electron chi connectivity index (χ2n) is 13.7. The maximum atomic E-state index is 12.7. The van der Waals surface area contributed by atoms with E-state index in [9.17, 15) is 4.79 Å². The molecule has 1 heterocycles. The summed E-state index contributed by atoms with van der Waals surface area (Å²) in [4.78, 5) is 12.7. The summed E-state index contributed by atoms with van der Waals surface area (Å²) < 4.78 is 6.65. The molecule has 5 unspecified atom stereocenters. The number of fused-ring (bicyclic) bond motifs is 5. The van der Waals surface area contributed by atoms with Crippen LogP contribution in [0.3, 0.4) is 0 Å². The van der Waals surface area contributed by atoms with Crippen LogP contribution in [0.15, 0.2) is 0 Å². The molecule has 5 saturated carbocycles. The second kappa shape index (κ2) is 5.51. The quantitative estimate of drug-likeness (QED) is 0.470. The third-order valence-corrected chi connectivity index (χ3v) is 12.7. The second-order valence-corrected chi connectivity index (χ2v) is 13.7. The van der Waals surface area contributed by atoms with Crippen LogP contribution < -0.4 is 0 Å². The van der Waals surface area contributed by atoms with Crippen molar-refractivity contribution in [2.45, 2.75) is 105 Å². The number of carbonyl (C=O) groups is 1. The van der Waals surface area contributed by atoms with Crippen molar-refractivity contribution in [3.8, 4) is 0 Å². The molecule has 1 aliphatic heterocycles. The van der Waals surface area contributed by atoms with Crippen LogP contribution in [-0.4, -0.2) is 18.5 Å². The van der Waals surface area contributed by atoms with E-state index in [1.807, 2.05) is 0 Å². The fourth-order valence-corrected chi connectivity index (χ4v) is 10.8. The molecule has 29 heavy (non-hydrogen) atoms. The van der Waals surface area contributed by atoms with E-state index >= 15 is 0 Å². The topological polar surface area (TPSA) is 26.3 Å². The fraction of sp³-hybridized carbons (Fsp3) is 0.963. The van der Waals surface area contributed by atoms with Gasteiger partial charge in [-0.05, 0) is 103 Å². The molecule has 0 aromatic carbocycles. The molecule has 5 aliphatic carbocycles. The molecule has 6 aliphatic rings. The Morgan fingerprint density at radius 3 is 2.38 bits per heavy atom. The molecule has 9 atom stereocenters. The highest BCUT2D eigenvalue weighted by Crippen LogP contribution is 2.77. The Kier molecular flexibility index (Phi) is 3.67. The number of ether oxygens (including phenoxy) is 1. The average Bonchev–Trinajstić information content (AvgIpc) is 3.16. The lowest BCUT2D eigenvalue weighted by molar-refractivity contribution is -0.221. The predicted molar refractivity (Wildman–Crippen MR) is 115 cm³/mol. The lowest BCUT2D eigenvalue weighted by Gasteiger charge is -2.70. The van der Waals surface area contributed by atoms with E-state index < -0.39 is 0 Å².